The smallest absolute Gasteiger partial charge is 0.231 e. The highest BCUT2D eigenvalue weighted by molar-refractivity contribution is 5.46. The molecule has 3 rings (SSSR count). The van der Waals surface area contributed by atoms with Crippen LogP contribution in [-0.2, 0) is 6.54 Å². The Labute approximate surface area is 115 Å². The van der Waals surface area contributed by atoms with E-state index in [1.165, 1.54) is 0 Å². The third-order valence-electron chi connectivity index (χ3n) is 2.91. The molecule has 7 nitrogen and oxygen atoms in total. The highest BCUT2D eigenvalue weighted by Gasteiger charge is 2.16. The van der Waals surface area contributed by atoms with E-state index in [2.05, 4.69) is 25.4 Å². The van der Waals surface area contributed by atoms with E-state index in [0.29, 0.717) is 24.0 Å². The van der Waals surface area contributed by atoms with Crippen LogP contribution >= 0.6 is 0 Å². The van der Waals surface area contributed by atoms with Gasteiger partial charge in [0, 0.05) is 12.4 Å². The Bertz CT molecular complexity index is 673. The Morgan fingerprint density at radius 3 is 2.90 bits per heavy atom. The fraction of sp³-hybridized carbons (Fsp3) is 0.308. The first-order chi connectivity index (χ1) is 9.72. The van der Waals surface area contributed by atoms with E-state index < -0.39 is 0 Å². The summed E-state index contributed by atoms with van der Waals surface area (Å²) in [6.07, 6.45) is 3.65. The van der Waals surface area contributed by atoms with Crippen LogP contribution in [0.4, 0.5) is 0 Å². The van der Waals surface area contributed by atoms with Gasteiger partial charge < -0.3 is 4.52 Å². The second kappa shape index (κ2) is 5.20. The Hall–Kier alpha value is -2.57. The molecule has 0 radical (unpaired) electrons. The average Bonchev–Trinajstić information content (AvgIpc) is 3.10. The lowest BCUT2D eigenvalue weighted by molar-refractivity contribution is 0.343. The van der Waals surface area contributed by atoms with Gasteiger partial charge >= 0.3 is 0 Å². The minimum absolute atomic E-state index is 0.0783. The summed E-state index contributed by atoms with van der Waals surface area (Å²) in [7, 11) is 0. The Kier molecular flexibility index (Phi) is 3.24. The molecule has 102 valence electrons. The SMILES string of the molecule is Cc1ccc(-c2noc([C@@H](C)Cn3cccn3)n2)nn1. The van der Waals surface area contributed by atoms with Gasteiger partial charge in [-0.25, -0.2) is 0 Å². The van der Waals surface area contributed by atoms with Crippen LogP contribution in [0, 0.1) is 6.92 Å². The van der Waals surface area contributed by atoms with Gasteiger partial charge in [-0.3, -0.25) is 4.68 Å². The van der Waals surface area contributed by atoms with Crippen molar-refractivity contribution in [1.82, 2.24) is 30.1 Å². The van der Waals surface area contributed by atoms with Crippen LogP contribution in [0.1, 0.15) is 24.4 Å². The Morgan fingerprint density at radius 1 is 1.30 bits per heavy atom. The lowest BCUT2D eigenvalue weighted by Gasteiger charge is -2.05. The van der Waals surface area contributed by atoms with Gasteiger partial charge in [-0.2, -0.15) is 15.2 Å². The number of aromatic nitrogens is 6. The molecule has 1 atom stereocenters. The second-order valence-electron chi connectivity index (χ2n) is 4.65. The van der Waals surface area contributed by atoms with E-state index in [-0.39, 0.29) is 5.92 Å². The van der Waals surface area contributed by atoms with Gasteiger partial charge in [-0.1, -0.05) is 12.1 Å². The van der Waals surface area contributed by atoms with Crippen LogP contribution < -0.4 is 0 Å². The second-order valence-corrected chi connectivity index (χ2v) is 4.65. The highest BCUT2D eigenvalue weighted by Crippen LogP contribution is 2.19. The molecule has 0 spiro atoms. The van der Waals surface area contributed by atoms with Gasteiger partial charge in [0.1, 0.15) is 5.69 Å². The van der Waals surface area contributed by atoms with Crippen molar-refractivity contribution >= 4 is 0 Å². The summed E-state index contributed by atoms with van der Waals surface area (Å²) in [4.78, 5) is 4.37. The zero-order valence-electron chi connectivity index (χ0n) is 11.3. The van der Waals surface area contributed by atoms with Gasteiger partial charge in [0.05, 0.1) is 18.2 Å². The van der Waals surface area contributed by atoms with Crippen molar-refractivity contribution in [2.45, 2.75) is 26.3 Å². The van der Waals surface area contributed by atoms with Crippen molar-refractivity contribution in [1.29, 1.82) is 0 Å². The molecule has 0 aromatic carbocycles. The van der Waals surface area contributed by atoms with E-state index in [1.54, 1.807) is 6.20 Å². The first kappa shape index (κ1) is 12.5. The summed E-state index contributed by atoms with van der Waals surface area (Å²) in [5.41, 5.74) is 1.46. The molecule has 0 aliphatic carbocycles. The van der Waals surface area contributed by atoms with E-state index in [9.17, 15) is 0 Å². The third-order valence-corrected chi connectivity index (χ3v) is 2.91. The van der Waals surface area contributed by atoms with Crippen molar-refractivity contribution in [3.8, 4) is 11.5 Å². The molecule has 0 unspecified atom stereocenters. The summed E-state index contributed by atoms with van der Waals surface area (Å²) in [6.45, 7) is 4.58. The minimum atomic E-state index is 0.0783. The fourth-order valence-electron chi connectivity index (χ4n) is 1.82. The first-order valence-electron chi connectivity index (χ1n) is 6.34. The topological polar surface area (TPSA) is 82.5 Å². The van der Waals surface area contributed by atoms with Crippen LogP contribution in [0.15, 0.2) is 35.1 Å². The summed E-state index contributed by atoms with van der Waals surface area (Å²) in [6, 6.07) is 5.58. The van der Waals surface area contributed by atoms with Crippen LogP contribution in [0.25, 0.3) is 11.5 Å². The molecule has 0 aliphatic rings. The first-order valence-corrected chi connectivity index (χ1v) is 6.34. The van der Waals surface area contributed by atoms with E-state index in [4.69, 9.17) is 4.52 Å². The van der Waals surface area contributed by atoms with Gasteiger partial charge in [-0.15, -0.1) is 5.10 Å². The van der Waals surface area contributed by atoms with E-state index in [0.717, 1.165) is 5.69 Å². The predicted octanol–water partition coefficient (Wildman–Crippen LogP) is 1.84. The maximum absolute atomic E-state index is 5.29. The Balaban J connectivity index is 1.77. The largest absolute Gasteiger partial charge is 0.339 e. The normalized spacial score (nSPS) is 12.5. The maximum Gasteiger partial charge on any atom is 0.231 e. The number of rotatable bonds is 4. The monoisotopic (exact) mass is 270 g/mol. The molecule has 0 aliphatic heterocycles. The molecule has 0 bridgehead atoms. The van der Waals surface area contributed by atoms with E-state index in [1.807, 2.05) is 42.9 Å². The molecule has 0 fully saturated rings. The van der Waals surface area contributed by atoms with Gasteiger partial charge in [0.2, 0.25) is 11.7 Å². The predicted molar refractivity (Wildman–Crippen MR) is 70.7 cm³/mol. The molecular weight excluding hydrogens is 256 g/mol. The fourth-order valence-corrected chi connectivity index (χ4v) is 1.82. The van der Waals surface area contributed by atoms with Crippen LogP contribution in [0.3, 0.4) is 0 Å². The molecule has 7 heteroatoms. The molecule has 3 aromatic heterocycles. The highest BCUT2D eigenvalue weighted by atomic mass is 16.5. The number of aryl methyl sites for hydroxylation is 1. The maximum atomic E-state index is 5.29. The van der Waals surface area contributed by atoms with Crippen molar-refractivity contribution in [2.24, 2.45) is 0 Å². The molecule has 0 N–H and O–H groups in total. The van der Waals surface area contributed by atoms with Crippen molar-refractivity contribution < 1.29 is 4.52 Å². The zero-order valence-corrected chi connectivity index (χ0v) is 11.3. The van der Waals surface area contributed by atoms with Crippen molar-refractivity contribution in [3.63, 3.8) is 0 Å². The molecule has 0 amide bonds. The van der Waals surface area contributed by atoms with E-state index >= 15 is 0 Å². The van der Waals surface area contributed by atoms with Gasteiger partial charge in [-0.05, 0) is 25.1 Å². The molecule has 3 heterocycles. The Morgan fingerprint density at radius 2 is 2.20 bits per heavy atom. The molecular formula is C13H14N6O. The van der Waals surface area contributed by atoms with Crippen molar-refractivity contribution in [3.05, 3.63) is 42.2 Å². The molecule has 0 saturated carbocycles. The van der Waals surface area contributed by atoms with Crippen LogP contribution in [0.5, 0.6) is 0 Å². The summed E-state index contributed by atoms with van der Waals surface area (Å²) < 4.78 is 7.12. The van der Waals surface area contributed by atoms with Gasteiger partial charge in [0.25, 0.3) is 0 Å². The number of hydrogen-bond donors (Lipinski definition) is 0. The zero-order chi connectivity index (χ0) is 13.9. The number of hydrogen-bond acceptors (Lipinski definition) is 6. The summed E-state index contributed by atoms with van der Waals surface area (Å²) in [5.74, 6) is 1.10. The lowest BCUT2D eigenvalue weighted by atomic mass is 10.2. The molecule has 0 saturated heterocycles. The average molecular weight is 270 g/mol. The minimum Gasteiger partial charge on any atom is -0.339 e. The van der Waals surface area contributed by atoms with Gasteiger partial charge in [0.15, 0.2) is 0 Å². The molecule has 20 heavy (non-hydrogen) atoms. The quantitative estimate of drug-likeness (QED) is 0.719. The molecule has 3 aromatic rings. The third kappa shape index (κ3) is 2.56. The standard InChI is InChI=1S/C13H14N6O/c1-9(8-19-7-3-6-14-19)13-15-12(18-20-13)11-5-4-10(2)16-17-11/h3-7,9H,8H2,1-2H3/t9-/m0/s1. The number of nitrogens with zero attached hydrogens (tertiary/aromatic N) is 6. The lowest BCUT2D eigenvalue weighted by Crippen LogP contribution is -2.06. The van der Waals surface area contributed by atoms with Crippen LogP contribution in [-0.4, -0.2) is 30.1 Å². The summed E-state index contributed by atoms with van der Waals surface area (Å²) >= 11 is 0. The van der Waals surface area contributed by atoms with Crippen molar-refractivity contribution in [2.75, 3.05) is 0 Å². The van der Waals surface area contributed by atoms with Crippen LogP contribution in [0.2, 0.25) is 0 Å². The summed E-state index contributed by atoms with van der Waals surface area (Å²) in [5, 5.41) is 16.1.